The third kappa shape index (κ3) is 6.55. The monoisotopic (exact) mass is 588 g/mol. The fourth-order valence-electron chi connectivity index (χ4n) is 6.15. The van der Waals surface area contributed by atoms with Gasteiger partial charge in [-0.2, -0.15) is 0 Å². The van der Waals surface area contributed by atoms with Crippen molar-refractivity contribution < 1.29 is 28.2 Å². The van der Waals surface area contributed by atoms with E-state index < -0.39 is 5.60 Å². The number of oxazole rings is 1. The van der Waals surface area contributed by atoms with Gasteiger partial charge in [0.2, 0.25) is 5.89 Å². The average molecular weight is 589 g/mol. The Morgan fingerprint density at radius 3 is 2.44 bits per heavy atom. The van der Waals surface area contributed by atoms with Gasteiger partial charge in [-0.15, -0.1) is 0 Å². The Kier molecular flexibility index (Phi) is 8.15. The summed E-state index contributed by atoms with van der Waals surface area (Å²) in [6.45, 7) is 11.3. The SMILES string of the molecule is CC(C)(C)OC(=O)N1CC2(CCN(C(=O)OCc3ccccc3)CC2)c2ccc(-c3nc(CN4CCOCC4)co3)cc21. The molecule has 43 heavy (non-hydrogen) atoms. The minimum atomic E-state index is -0.632. The standard InChI is InChI=1S/C33H40N4O6/c1-32(2,3)43-31(39)37-23-33(11-13-36(14-12-33)30(38)42-21-24-7-5-4-6-8-24)27-10-9-25(19-28(27)37)29-34-26(22-41-29)20-35-15-17-40-18-16-35/h4-10,19,22H,11-18,20-21,23H2,1-3H3. The summed E-state index contributed by atoms with van der Waals surface area (Å²) in [5.41, 5.74) is 3.59. The number of nitrogens with zero attached hydrogens (tertiary/aromatic N) is 4. The molecular weight excluding hydrogens is 548 g/mol. The Bertz CT molecular complexity index is 1440. The number of hydrogen-bond acceptors (Lipinski definition) is 8. The predicted octanol–water partition coefficient (Wildman–Crippen LogP) is 5.60. The van der Waals surface area contributed by atoms with Crippen LogP contribution in [0.1, 0.15) is 50.4 Å². The number of fused-ring (bicyclic) bond motifs is 2. The van der Waals surface area contributed by atoms with Gasteiger partial charge in [0.25, 0.3) is 0 Å². The zero-order valence-electron chi connectivity index (χ0n) is 25.2. The number of ether oxygens (including phenoxy) is 3. The van der Waals surface area contributed by atoms with Crippen molar-refractivity contribution in [3.05, 3.63) is 71.6 Å². The van der Waals surface area contributed by atoms with Crippen molar-refractivity contribution in [3.8, 4) is 11.5 Å². The highest BCUT2D eigenvalue weighted by molar-refractivity contribution is 5.93. The summed E-state index contributed by atoms with van der Waals surface area (Å²) in [6, 6.07) is 15.8. The highest BCUT2D eigenvalue weighted by Gasteiger charge is 2.48. The van der Waals surface area contributed by atoms with Crippen LogP contribution in [0.3, 0.4) is 0 Å². The van der Waals surface area contributed by atoms with Gasteiger partial charge in [-0.1, -0.05) is 36.4 Å². The molecule has 10 nitrogen and oxygen atoms in total. The number of carbonyl (C=O) groups excluding carboxylic acids is 2. The van der Waals surface area contributed by atoms with Crippen LogP contribution in [0.5, 0.6) is 0 Å². The molecule has 0 radical (unpaired) electrons. The first kappa shape index (κ1) is 29.2. The Morgan fingerprint density at radius 1 is 0.977 bits per heavy atom. The Balaban J connectivity index is 1.20. The summed E-state index contributed by atoms with van der Waals surface area (Å²) < 4.78 is 22.8. The van der Waals surface area contributed by atoms with Crippen molar-refractivity contribution in [2.75, 3.05) is 50.8 Å². The van der Waals surface area contributed by atoms with Gasteiger partial charge in [0.1, 0.15) is 18.5 Å². The van der Waals surface area contributed by atoms with Crippen LogP contribution in [0, 0.1) is 0 Å². The van der Waals surface area contributed by atoms with E-state index in [2.05, 4.69) is 11.0 Å². The van der Waals surface area contributed by atoms with Crippen molar-refractivity contribution >= 4 is 17.9 Å². The number of likely N-dealkylation sites (tertiary alicyclic amines) is 1. The average Bonchev–Trinajstić information content (AvgIpc) is 3.59. The lowest BCUT2D eigenvalue weighted by Crippen LogP contribution is -2.48. The normalized spacial score (nSPS) is 18.5. The van der Waals surface area contributed by atoms with E-state index in [-0.39, 0.29) is 24.2 Å². The molecule has 2 saturated heterocycles. The highest BCUT2D eigenvalue weighted by Crippen LogP contribution is 2.48. The second kappa shape index (κ2) is 12.0. The first-order valence-electron chi connectivity index (χ1n) is 15.0. The number of benzene rings is 2. The van der Waals surface area contributed by atoms with Crippen LogP contribution in [-0.4, -0.2) is 78.5 Å². The van der Waals surface area contributed by atoms with Crippen LogP contribution in [0.15, 0.2) is 59.2 Å². The number of amides is 2. The molecule has 0 saturated carbocycles. The van der Waals surface area contributed by atoms with Crippen LogP contribution in [0.25, 0.3) is 11.5 Å². The van der Waals surface area contributed by atoms with Crippen molar-refractivity contribution in [1.82, 2.24) is 14.8 Å². The molecule has 3 aliphatic heterocycles. The van der Waals surface area contributed by atoms with Crippen LogP contribution in [0.4, 0.5) is 15.3 Å². The number of hydrogen-bond donors (Lipinski definition) is 0. The van der Waals surface area contributed by atoms with E-state index in [1.165, 1.54) is 0 Å². The molecule has 0 N–H and O–H groups in total. The molecule has 3 aliphatic rings. The second-order valence-corrected chi connectivity index (χ2v) is 12.6. The summed E-state index contributed by atoms with van der Waals surface area (Å²) in [4.78, 5) is 36.9. The van der Waals surface area contributed by atoms with Gasteiger partial charge in [-0.05, 0) is 56.9 Å². The number of rotatable bonds is 5. The zero-order chi connectivity index (χ0) is 30.0. The van der Waals surface area contributed by atoms with Crippen molar-refractivity contribution in [1.29, 1.82) is 0 Å². The number of morpholine rings is 1. The lowest BCUT2D eigenvalue weighted by molar-refractivity contribution is 0.0336. The lowest BCUT2D eigenvalue weighted by Gasteiger charge is -2.39. The van der Waals surface area contributed by atoms with E-state index >= 15 is 0 Å². The molecule has 0 aliphatic carbocycles. The van der Waals surface area contributed by atoms with E-state index in [9.17, 15) is 9.59 Å². The Morgan fingerprint density at radius 2 is 1.72 bits per heavy atom. The Hall–Kier alpha value is -3.89. The zero-order valence-corrected chi connectivity index (χ0v) is 25.2. The van der Waals surface area contributed by atoms with E-state index in [1.807, 2.05) is 63.2 Å². The van der Waals surface area contributed by atoms with Crippen LogP contribution >= 0.6 is 0 Å². The van der Waals surface area contributed by atoms with E-state index in [0.29, 0.717) is 44.9 Å². The third-order valence-corrected chi connectivity index (χ3v) is 8.41. The minimum Gasteiger partial charge on any atom is -0.445 e. The summed E-state index contributed by atoms with van der Waals surface area (Å²) in [5, 5.41) is 0. The van der Waals surface area contributed by atoms with Crippen molar-refractivity contribution in [3.63, 3.8) is 0 Å². The topological polar surface area (TPSA) is 97.6 Å². The number of aromatic nitrogens is 1. The van der Waals surface area contributed by atoms with E-state index in [1.54, 1.807) is 16.1 Å². The molecule has 2 fully saturated rings. The lowest BCUT2D eigenvalue weighted by atomic mass is 9.74. The van der Waals surface area contributed by atoms with E-state index in [0.717, 1.165) is 54.4 Å². The van der Waals surface area contributed by atoms with Crippen LogP contribution in [-0.2, 0) is 32.8 Å². The van der Waals surface area contributed by atoms with Crippen molar-refractivity contribution in [2.24, 2.45) is 0 Å². The maximum absolute atomic E-state index is 13.5. The first-order valence-corrected chi connectivity index (χ1v) is 15.0. The molecule has 0 atom stereocenters. The van der Waals surface area contributed by atoms with Gasteiger partial charge in [0, 0.05) is 50.2 Å². The molecule has 1 spiro atoms. The maximum atomic E-state index is 13.5. The molecular formula is C33H40N4O6. The largest absolute Gasteiger partial charge is 0.445 e. The van der Waals surface area contributed by atoms with Crippen molar-refractivity contribution in [2.45, 2.75) is 57.8 Å². The van der Waals surface area contributed by atoms with Gasteiger partial charge in [0.15, 0.2) is 0 Å². The third-order valence-electron chi connectivity index (χ3n) is 8.41. The molecule has 3 aromatic rings. The highest BCUT2D eigenvalue weighted by atomic mass is 16.6. The van der Waals surface area contributed by atoms with Gasteiger partial charge in [-0.25, -0.2) is 14.6 Å². The maximum Gasteiger partial charge on any atom is 0.414 e. The second-order valence-electron chi connectivity index (χ2n) is 12.6. The molecule has 0 unspecified atom stereocenters. The molecule has 6 rings (SSSR count). The molecule has 2 aromatic carbocycles. The quantitative estimate of drug-likeness (QED) is 0.380. The summed E-state index contributed by atoms with van der Waals surface area (Å²) >= 11 is 0. The predicted molar refractivity (Wildman–Crippen MR) is 161 cm³/mol. The number of anilines is 1. The van der Waals surface area contributed by atoms with Gasteiger partial charge >= 0.3 is 12.2 Å². The van der Waals surface area contributed by atoms with Crippen LogP contribution < -0.4 is 4.90 Å². The molecule has 228 valence electrons. The van der Waals surface area contributed by atoms with Gasteiger partial charge in [0.05, 0.1) is 24.6 Å². The fourth-order valence-corrected chi connectivity index (χ4v) is 6.15. The molecule has 10 heteroatoms. The Labute approximate surface area is 252 Å². The fraction of sp³-hybridized carbons (Fsp3) is 0.485. The summed E-state index contributed by atoms with van der Waals surface area (Å²) in [5.74, 6) is 0.520. The molecule has 2 amide bonds. The van der Waals surface area contributed by atoms with Crippen LogP contribution in [0.2, 0.25) is 0 Å². The van der Waals surface area contributed by atoms with E-state index in [4.69, 9.17) is 23.6 Å². The number of piperidine rings is 1. The smallest absolute Gasteiger partial charge is 0.414 e. The molecule has 1 aromatic heterocycles. The van der Waals surface area contributed by atoms with Gasteiger partial charge in [-0.3, -0.25) is 9.80 Å². The molecule has 4 heterocycles. The number of carbonyl (C=O) groups is 2. The summed E-state index contributed by atoms with van der Waals surface area (Å²) in [6.07, 6.45) is 2.43. The minimum absolute atomic E-state index is 0.244. The van der Waals surface area contributed by atoms with Gasteiger partial charge < -0.3 is 23.5 Å². The first-order chi connectivity index (χ1) is 20.7. The summed E-state index contributed by atoms with van der Waals surface area (Å²) in [7, 11) is 0. The molecule has 0 bridgehead atoms.